The predicted octanol–water partition coefficient (Wildman–Crippen LogP) is 1.82. The summed E-state index contributed by atoms with van der Waals surface area (Å²) in [6.45, 7) is 6.53. The second-order valence-electron chi connectivity index (χ2n) is 3.23. The monoisotopic (exact) mass is 254 g/mol. The van der Waals surface area contributed by atoms with E-state index in [0.29, 0.717) is 33.0 Å². The number of carbonyl (C=O) groups excluding carboxylic acids is 1. The van der Waals surface area contributed by atoms with Gasteiger partial charge >= 0.3 is 5.43 Å². The third-order valence-corrected chi connectivity index (χ3v) is 1.60. The van der Waals surface area contributed by atoms with Crippen molar-refractivity contribution >= 4 is 17.0 Å². The molecule has 0 aliphatic heterocycles. The number of hydrogen-bond donors (Lipinski definition) is 0. The third kappa shape index (κ3) is 13.6. The number of carbonyl (C=O) groups is 1. The molecule has 0 atom stereocenters. The van der Waals surface area contributed by atoms with Crippen LogP contribution in [0.15, 0.2) is 0 Å². The Kier molecular flexibility index (Phi) is 10.9. The van der Waals surface area contributed by atoms with E-state index in [1.165, 1.54) is 0 Å². The Hall–Kier alpha value is -0.360. The molecule has 0 unspecified atom stereocenters. The van der Waals surface area contributed by atoms with Gasteiger partial charge in [-0.05, 0) is 13.8 Å². The van der Waals surface area contributed by atoms with Gasteiger partial charge in [0.15, 0.2) is 0 Å². The molecule has 16 heavy (non-hydrogen) atoms. The van der Waals surface area contributed by atoms with Gasteiger partial charge in [-0.1, -0.05) is 0 Å². The molecule has 0 rings (SSSR count). The molecule has 0 aromatic carbocycles. The van der Waals surface area contributed by atoms with Crippen LogP contribution in [0.25, 0.3) is 0 Å². The summed E-state index contributed by atoms with van der Waals surface area (Å²) >= 11 is 4.95. The SMILES string of the molecule is CC(C)OCCOCCOCCOC(=O)Cl. The first kappa shape index (κ1) is 15.6. The zero-order valence-electron chi connectivity index (χ0n) is 9.74. The van der Waals surface area contributed by atoms with Gasteiger partial charge in [-0.25, -0.2) is 4.79 Å². The number of rotatable bonds is 10. The van der Waals surface area contributed by atoms with Crippen LogP contribution in [0, 0.1) is 0 Å². The van der Waals surface area contributed by atoms with Gasteiger partial charge in [-0.3, -0.25) is 0 Å². The lowest BCUT2D eigenvalue weighted by Gasteiger charge is -2.08. The average molecular weight is 255 g/mol. The van der Waals surface area contributed by atoms with Crippen molar-refractivity contribution in [3.8, 4) is 0 Å². The van der Waals surface area contributed by atoms with Gasteiger partial charge in [0.1, 0.15) is 6.61 Å². The van der Waals surface area contributed by atoms with Crippen LogP contribution in [-0.4, -0.2) is 51.2 Å². The average Bonchev–Trinajstić information content (AvgIpc) is 2.20. The van der Waals surface area contributed by atoms with Crippen molar-refractivity contribution in [2.45, 2.75) is 20.0 Å². The highest BCUT2D eigenvalue weighted by Gasteiger charge is 1.96. The summed E-state index contributed by atoms with van der Waals surface area (Å²) in [7, 11) is 0. The normalized spacial score (nSPS) is 10.8. The second-order valence-corrected chi connectivity index (χ2v) is 3.54. The minimum atomic E-state index is -0.814. The van der Waals surface area contributed by atoms with E-state index in [0.717, 1.165) is 0 Å². The Balaban J connectivity index is 2.96. The van der Waals surface area contributed by atoms with E-state index < -0.39 is 5.43 Å². The van der Waals surface area contributed by atoms with Gasteiger partial charge in [-0.15, -0.1) is 0 Å². The van der Waals surface area contributed by atoms with Crippen molar-refractivity contribution in [3.05, 3.63) is 0 Å². The van der Waals surface area contributed by atoms with Crippen LogP contribution >= 0.6 is 11.6 Å². The molecule has 0 aliphatic carbocycles. The fourth-order valence-corrected chi connectivity index (χ4v) is 0.923. The maximum atomic E-state index is 10.2. The first-order chi connectivity index (χ1) is 7.63. The fraction of sp³-hybridized carbons (Fsp3) is 0.900. The molecule has 0 saturated heterocycles. The summed E-state index contributed by atoms with van der Waals surface area (Å²) in [6.07, 6.45) is 0.227. The van der Waals surface area contributed by atoms with Crippen LogP contribution in [0.2, 0.25) is 0 Å². The zero-order valence-corrected chi connectivity index (χ0v) is 10.5. The standard InChI is InChI=1S/C10H19ClO5/c1-9(2)15-7-5-13-3-4-14-6-8-16-10(11)12/h9H,3-8H2,1-2H3. The molecule has 0 aliphatic rings. The first-order valence-corrected chi connectivity index (χ1v) is 5.60. The van der Waals surface area contributed by atoms with E-state index in [2.05, 4.69) is 4.74 Å². The molecule has 0 bridgehead atoms. The van der Waals surface area contributed by atoms with Crippen molar-refractivity contribution < 1.29 is 23.7 Å². The van der Waals surface area contributed by atoms with Crippen molar-refractivity contribution in [1.29, 1.82) is 0 Å². The number of hydrogen-bond acceptors (Lipinski definition) is 5. The molecule has 5 nitrogen and oxygen atoms in total. The lowest BCUT2D eigenvalue weighted by molar-refractivity contribution is -0.00606. The van der Waals surface area contributed by atoms with Crippen molar-refractivity contribution in [2.24, 2.45) is 0 Å². The molecule has 0 fully saturated rings. The van der Waals surface area contributed by atoms with Crippen LogP contribution in [0.3, 0.4) is 0 Å². The molecule has 0 radical (unpaired) electrons. The molecule has 0 amide bonds. The second kappa shape index (κ2) is 11.1. The number of halogens is 1. The Morgan fingerprint density at radius 1 is 1.00 bits per heavy atom. The summed E-state index contributed by atoms with van der Waals surface area (Å²) in [4.78, 5) is 10.2. The smallest absolute Gasteiger partial charge is 0.403 e. The van der Waals surface area contributed by atoms with Crippen molar-refractivity contribution in [2.75, 3.05) is 39.6 Å². The van der Waals surface area contributed by atoms with E-state index in [-0.39, 0.29) is 12.7 Å². The lowest BCUT2D eigenvalue weighted by Crippen LogP contribution is -2.13. The molecule has 6 heteroatoms. The molecular formula is C10H19ClO5. The van der Waals surface area contributed by atoms with Crippen LogP contribution < -0.4 is 0 Å². The highest BCUT2D eigenvalue weighted by molar-refractivity contribution is 6.61. The summed E-state index contributed by atoms with van der Waals surface area (Å²) in [5.74, 6) is 0. The quantitative estimate of drug-likeness (QED) is 0.440. The van der Waals surface area contributed by atoms with Gasteiger partial charge < -0.3 is 18.9 Å². The Labute approximate surface area is 101 Å². The van der Waals surface area contributed by atoms with Gasteiger partial charge in [0.05, 0.1) is 39.1 Å². The highest BCUT2D eigenvalue weighted by atomic mass is 35.5. The fourth-order valence-electron chi connectivity index (χ4n) is 0.846. The predicted molar refractivity (Wildman–Crippen MR) is 59.9 cm³/mol. The van der Waals surface area contributed by atoms with Gasteiger partial charge in [0.2, 0.25) is 0 Å². The van der Waals surface area contributed by atoms with E-state index in [9.17, 15) is 4.79 Å². The Morgan fingerprint density at radius 2 is 1.50 bits per heavy atom. The first-order valence-electron chi connectivity index (χ1n) is 5.22. The molecule has 0 aromatic heterocycles. The maximum Gasteiger partial charge on any atom is 0.403 e. The lowest BCUT2D eigenvalue weighted by atomic mass is 10.5. The van der Waals surface area contributed by atoms with E-state index in [1.807, 2.05) is 13.8 Å². The minimum absolute atomic E-state index is 0.165. The summed E-state index contributed by atoms with van der Waals surface area (Å²) in [5.41, 5.74) is -0.814. The largest absolute Gasteiger partial charge is 0.451 e. The van der Waals surface area contributed by atoms with E-state index >= 15 is 0 Å². The molecule has 0 saturated carbocycles. The van der Waals surface area contributed by atoms with Gasteiger partial charge in [0.25, 0.3) is 0 Å². The Bertz CT molecular complexity index is 175. The summed E-state index contributed by atoms with van der Waals surface area (Å²) < 4.78 is 20.1. The zero-order chi connectivity index (χ0) is 12.2. The van der Waals surface area contributed by atoms with Crippen molar-refractivity contribution in [3.63, 3.8) is 0 Å². The molecule has 0 N–H and O–H groups in total. The van der Waals surface area contributed by atoms with Crippen LogP contribution in [0.1, 0.15) is 13.8 Å². The minimum Gasteiger partial charge on any atom is -0.451 e. The number of ether oxygens (including phenoxy) is 4. The van der Waals surface area contributed by atoms with E-state index in [1.54, 1.807) is 0 Å². The van der Waals surface area contributed by atoms with Crippen LogP contribution in [-0.2, 0) is 18.9 Å². The molecular weight excluding hydrogens is 236 g/mol. The molecule has 0 aromatic rings. The van der Waals surface area contributed by atoms with Crippen molar-refractivity contribution in [1.82, 2.24) is 0 Å². The summed E-state index contributed by atoms with van der Waals surface area (Å²) in [5, 5.41) is 0. The van der Waals surface area contributed by atoms with Crippen LogP contribution in [0.5, 0.6) is 0 Å². The molecule has 96 valence electrons. The van der Waals surface area contributed by atoms with Gasteiger partial charge in [-0.2, -0.15) is 0 Å². The van der Waals surface area contributed by atoms with Gasteiger partial charge in [0, 0.05) is 11.6 Å². The van der Waals surface area contributed by atoms with E-state index in [4.69, 9.17) is 25.8 Å². The maximum absolute atomic E-state index is 10.2. The summed E-state index contributed by atoms with van der Waals surface area (Å²) in [6, 6.07) is 0. The topological polar surface area (TPSA) is 54.0 Å². The highest BCUT2D eigenvalue weighted by Crippen LogP contribution is 1.88. The van der Waals surface area contributed by atoms with Crippen LogP contribution in [0.4, 0.5) is 4.79 Å². The Morgan fingerprint density at radius 3 is 2.00 bits per heavy atom. The molecule has 0 spiro atoms. The molecule has 0 heterocycles. The third-order valence-electron chi connectivity index (χ3n) is 1.49.